The van der Waals surface area contributed by atoms with Gasteiger partial charge in [-0.15, -0.1) is 0 Å². The van der Waals surface area contributed by atoms with Crippen molar-refractivity contribution in [3.63, 3.8) is 0 Å². The first-order valence-electron chi connectivity index (χ1n) is 0.429. The van der Waals surface area contributed by atoms with E-state index in [2.05, 4.69) is 0 Å². The van der Waals surface area contributed by atoms with Crippen LogP contribution in [-0.2, 0) is 32.3 Å². The Balaban J connectivity index is -0.0000000150. The van der Waals surface area contributed by atoms with Gasteiger partial charge in [0.1, 0.15) is 0 Å². The summed E-state index contributed by atoms with van der Waals surface area (Å²) in [7, 11) is 0. The molecule has 0 heterocycles. The molecule has 0 saturated heterocycles. The minimum Gasteiger partial charge on any atom is -1.00 e. The molecule has 0 aromatic carbocycles. The molecule has 0 aliphatic rings. The van der Waals surface area contributed by atoms with Crippen molar-refractivity contribution in [3.05, 3.63) is 0 Å². The van der Waals surface area contributed by atoms with Crippen LogP contribution in [-0.4, -0.2) is 0 Å². The van der Waals surface area contributed by atoms with Crippen LogP contribution in [0.5, 0.6) is 0 Å². The predicted molar refractivity (Wildman–Crippen MR) is 4.44 cm³/mol. The molecule has 0 aromatic rings. The zero-order valence-corrected chi connectivity index (χ0v) is 5.15. The molecule has 0 N–H and O–H groups in total. The van der Waals surface area contributed by atoms with Crippen molar-refractivity contribution in [2.45, 2.75) is 0 Å². The SMILES string of the molecule is [F][Mn]([F])[F].[Fe].[H-].[Li+]. The zero-order chi connectivity index (χ0) is 3.58. The Hall–Kier alpha value is 1.43. The predicted octanol–water partition coefficient (Wildman–Crippen LogP) is -1.63. The minimum atomic E-state index is -4.40. The van der Waals surface area contributed by atoms with Gasteiger partial charge in [0, 0.05) is 17.1 Å². The van der Waals surface area contributed by atoms with Crippen LogP contribution in [0, 0.1) is 0 Å². The number of halogens is 3. The smallest absolute Gasteiger partial charge is 1.00 e. The third-order valence-electron chi connectivity index (χ3n) is 0. The van der Waals surface area contributed by atoms with Gasteiger partial charge < -0.3 is 1.43 Å². The topological polar surface area (TPSA) is 0 Å². The van der Waals surface area contributed by atoms with E-state index in [1.54, 1.807) is 0 Å². The Morgan fingerprint density at radius 2 is 1.17 bits per heavy atom. The van der Waals surface area contributed by atoms with Crippen LogP contribution < -0.4 is 18.9 Å². The van der Waals surface area contributed by atoms with Crippen LogP contribution in [0.3, 0.4) is 0 Å². The van der Waals surface area contributed by atoms with Crippen molar-refractivity contribution < 1.29 is 63.3 Å². The average Bonchev–Trinajstić information content (AvgIpc) is 0.811. The normalized spacial score (nSPS) is 7.50. The fourth-order valence-electron chi connectivity index (χ4n) is 0. The first kappa shape index (κ1) is 15.7. The monoisotopic (exact) mass is 176 g/mol. The van der Waals surface area contributed by atoms with Gasteiger partial charge in [0.15, 0.2) is 0 Å². The fraction of sp³-hybridized carbons (Fsp3) is 0. The van der Waals surface area contributed by atoms with Gasteiger partial charge in [-0.3, -0.25) is 0 Å². The van der Waals surface area contributed by atoms with E-state index in [0.717, 1.165) is 0 Å². The molecule has 6 heteroatoms. The van der Waals surface area contributed by atoms with Crippen molar-refractivity contribution >= 4 is 0 Å². The summed E-state index contributed by atoms with van der Waals surface area (Å²) in [6, 6.07) is 0. The Morgan fingerprint density at radius 3 is 1.17 bits per heavy atom. The van der Waals surface area contributed by atoms with Crippen LogP contribution in [0.4, 0.5) is 10.7 Å². The van der Waals surface area contributed by atoms with Crippen molar-refractivity contribution in [3.8, 4) is 0 Å². The molecule has 0 saturated carbocycles. The molecule has 0 rings (SSSR count). The molecule has 0 aromatic heterocycles. The van der Waals surface area contributed by atoms with Gasteiger partial charge in [-0.05, 0) is 0 Å². The van der Waals surface area contributed by atoms with Crippen LogP contribution in [0.25, 0.3) is 0 Å². The van der Waals surface area contributed by atoms with Crippen molar-refractivity contribution in [2.75, 3.05) is 0 Å². The minimum absolute atomic E-state index is 0. The molecule has 0 bridgehead atoms. The standard InChI is InChI=1S/3FH.Fe.Li.Mn.H/h3*1H;;;;/q;;;;+1;+3;-1/p-3. The third kappa shape index (κ3) is 52.3. The fourth-order valence-corrected chi connectivity index (χ4v) is 0. The van der Waals surface area contributed by atoms with Gasteiger partial charge in [-0.2, -0.15) is 0 Å². The molecule has 0 amide bonds. The molecule has 0 aliphatic carbocycles. The van der Waals surface area contributed by atoms with E-state index in [0.29, 0.717) is 0 Å². The Morgan fingerprint density at radius 1 is 1.17 bits per heavy atom. The summed E-state index contributed by atoms with van der Waals surface area (Å²) in [4.78, 5) is 0. The van der Waals surface area contributed by atoms with E-state index < -0.39 is 15.3 Å². The van der Waals surface area contributed by atoms with Crippen LogP contribution in [0.1, 0.15) is 1.43 Å². The second-order valence-electron chi connectivity index (χ2n) is 0.162. The number of hydrogen-bond donors (Lipinski definition) is 0. The number of hydrogen-bond acceptors (Lipinski definition) is 0. The van der Waals surface area contributed by atoms with E-state index >= 15 is 0 Å². The molecular weight excluding hydrogens is 175 g/mol. The van der Waals surface area contributed by atoms with E-state index in [1.807, 2.05) is 0 Å². The zero-order valence-electron chi connectivity index (χ0n) is 3.87. The van der Waals surface area contributed by atoms with E-state index in [-0.39, 0.29) is 37.4 Å². The van der Waals surface area contributed by atoms with Crippen molar-refractivity contribution in [1.82, 2.24) is 0 Å². The first-order valence-corrected chi connectivity index (χ1v) is 1.77. The van der Waals surface area contributed by atoms with Gasteiger partial charge in [0.05, 0.1) is 0 Å². The van der Waals surface area contributed by atoms with E-state index in [4.69, 9.17) is 0 Å². The summed E-state index contributed by atoms with van der Waals surface area (Å²) >= 11 is -4.40. The van der Waals surface area contributed by atoms with Gasteiger partial charge >= 0.3 is 44.8 Å². The Bertz CT molecular complexity index is 19.7. The van der Waals surface area contributed by atoms with Crippen molar-refractivity contribution in [2.24, 2.45) is 0 Å². The van der Waals surface area contributed by atoms with E-state index in [9.17, 15) is 10.7 Å². The summed E-state index contributed by atoms with van der Waals surface area (Å²) in [6.07, 6.45) is 0. The summed E-state index contributed by atoms with van der Waals surface area (Å²) < 4.78 is 29.3. The molecule has 0 fully saturated rings. The second-order valence-corrected chi connectivity index (χ2v) is 0.668. The van der Waals surface area contributed by atoms with Crippen LogP contribution >= 0.6 is 0 Å². The maximum Gasteiger partial charge on any atom is 1.00 e. The average molecular weight is 176 g/mol. The molecule has 0 aliphatic heterocycles. The summed E-state index contributed by atoms with van der Waals surface area (Å²) in [6.45, 7) is 0. The van der Waals surface area contributed by atoms with Gasteiger partial charge in [0.25, 0.3) is 0 Å². The van der Waals surface area contributed by atoms with Gasteiger partial charge in [-0.25, -0.2) is 0 Å². The van der Waals surface area contributed by atoms with E-state index in [1.165, 1.54) is 0 Å². The second kappa shape index (κ2) is 9.66. The largest absolute Gasteiger partial charge is 1.00 e. The molecule has 0 atom stereocenters. The number of rotatable bonds is 0. The first-order chi connectivity index (χ1) is 1.73. The molecule has 0 radical (unpaired) electrons. The Kier molecular flexibility index (Phi) is 25.2. The summed E-state index contributed by atoms with van der Waals surface area (Å²) in [5.74, 6) is 0. The maximum atomic E-state index is 9.77. The van der Waals surface area contributed by atoms with Crippen LogP contribution in [0.15, 0.2) is 0 Å². The van der Waals surface area contributed by atoms with Gasteiger partial charge in [-0.1, -0.05) is 0 Å². The molecule has 6 heavy (non-hydrogen) atoms. The Labute approximate surface area is 63.3 Å². The molecular formula is HF3FeLiMn. The third-order valence-corrected chi connectivity index (χ3v) is 0. The summed E-state index contributed by atoms with van der Waals surface area (Å²) in [5.41, 5.74) is 0. The molecule has 38 valence electrons. The summed E-state index contributed by atoms with van der Waals surface area (Å²) in [5, 5.41) is 0. The molecule has 0 nitrogen and oxygen atoms in total. The van der Waals surface area contributed by atoms with Crippen molar-refractivity contribution in [1.29, 1.82) is 0 Å². The molecule has 0 unspecified atom stereocenters. The quantitative estimate of drug-likeness (QED) is 0.388. The van der Waals surface area contributed by atoms with Crippen LogP contribution in [0.2, 0.25) is 0 Å². The van der Waals surface area contributed by atoms with Gasteiger partial charge in [0.2, 0.25) is 0 Å². The maximum absolute atomic E-state index is 9.77. The molecule has 0 spiro atoms.